The average molecular weight is 522 g/mol. The van der Waals surface area contributed by atoms with Crippen molar-refractivity contribution in [1.29, 1.82) is 0 Å². The van der Waals surface area contributed by atoms with Gasteiger partial charge in [0.05, 0.1) is 17.7 Å². The average Bonchev–Trinajstić information content (AvgIpc) is 2.83. The van der Waals surface area contributed by atoms with Crippen LogP contribution in [0.25, 0.3) is 0 Å². The first kappa shape index (κ1) is 28.3. The zero-order valence-corrected chi connectivity index (χ0v) is 20.0. The van der Waals surface area contributed by atoms with Gasteiger partial charge in [-0.15, -0.1) is 0 Å². The number of hydrogen-bond acceptors (Lipinski definition) is 3. The third kappa shape index (κ3) is 8.67. The topological polar surface area (TPSA) is 70.2 Å². The van der Waals surface area contributed by atoms with Crippen molar-refractivity contribution in [3.63, 3.8) is 0 Å². The lowest BCUT2D eigenvalue weighted by atomic mass is 9.86. The molecule has 2 aliphatic rings. The zero-order valence-electron chi connectivity index (χ0n) is 20.0. The molecule has 0 aliphatic heterocycles. The molecule has 0 heterocycles. The van der Waals surface area contributed by atoms with Crippen LogP contribution in [-0.4, -0.2) is 37.5 Å². The van der Waals surface area contributed by atoms with Gasteiger partial charge >= 0.3 is 12.4 Å². The van der Waals surface area contributed by atoms with Crippen molar-refractivity contribution in [3.05, 3.63) is 34.9 Å². The molecule has 2 fully saturated rings. The van der Waals surface area contributed by atoms with Crippen molar-refractivity contribution in [2.45, 2.75) is 76.2 Å². The summed E-state index contributed by atoms with van der Waals surface area (Å²) in [4.78, 5) is 24.5. The van der Waals surface area contributed by atoms with Crippen molar-refractivity contribution < 1.29 is 35.9 Å². The van der Waals surface area contributed by atoms with Gasteiger partial charge in [-0.1, -0.05) is 19.3 Å². The Labute approximate surface area is 206 Å². The van der Waals surface area contributed by atoms with E-state index in [0.717, 1.165) is 25.7 Å². The maximum atomic E-state index is 13.1. The van der Waals surface area contributed by atoms with E-state index in [1.165, 1.54) is 19.3 Å². The molecule has 3 rings (SSSR count). The van der Waals surface area contributed by atoms with Gasteiger partial charge in [0, 0.05) is 18.2 Å². The Morgan fingerprint density at radius 2 is 1.31 bits per heavy atom. The summed E-state index contributed by atoms with van der Waals surface area (Å²) in [6, 6.07) is 0.556. The molecule has 5 nitrogen and oxygen atoms in total. The van der Waals surface area contributed by atoms with E-state index in [9.17, 15) is 35.9 Å². The molecule has 0 radical (unpaired) electrons. The van der Waals surface area contributed by atoms with Crippen LogP contribution in [0.1, 0.15) is 79.3 Å². The highest BCUT2D eigenvalue weighted by Gasteiger charge is 2.37. The van der Waals surface area contributed by atoms with Crippen LogP contribution in [0.4, 0.5) is 26.3 Å². The summed E-state index contributed by atoms with van der Waals surface area (Å²) in [5.41, 5.74) is -3.69. The number of halogens is 6. The molecule has 0 spiro atoms. The van der Waals surface area contributed by atoms with Crippen LogP contribution in [0.5, 0.6) is 0 Å². The lowest BCUT2D eigenvalue weighted by Gasteiger charge is -2.29. The van der Waals surface area contributed by atoms with Gasteiger partial charge < -0.3 is 16.0 Å². The monoisotopic (exact) mass is 521 g/mol. The zero-order chi connectivity index (χ0) is 26.3. The van der Waals surface area contributed by atoms with Crippen molar-refractivity contribution in [2.75, 3.05) is 19.6 Å². The Hall–Kier alpha value is -2.30. The first-order chi connectivity index (χ1) is 16.9. The highest BCUT2D eigenvalue weighted by Crippen LogP contribution is 2.36. The van der Waals surface area contributed by atoms with E-state index >= 15 is 0 Å². The molecule has 202 valence electrons. The predicted molar refractivity (Wildman–Crippen MR) is 122 cm³/mol. The predicted octanol–water partition coefficient (Wildman–Crippen LogP) is 5.30. The minimum Gasteiger partial charge on any atom is -0.355 e. The standard InChI is InChI=1S/C25H33F6N3O2/c26-24(27,28)19-10-18(11-20(12-19)25(29,30)31)23(36)34-21-8-6-17(7-9-21)13-32-15-22(35)33-14-16-4-2-1-3-5-16/h10-12,16-17,21,32H,1-9,13-15H2,(H,33,35)(H,34,36). The van der Waals surface area contributed by atoms with E-state index in [4.69, 9.17) is 0 Å². The minimum absolute atomic E-state index is 0.00521. The Bertz CT molecular complexity index is 857. The highest BCUT2D eigenvalue weighted by atomic mass is 19.4. The molecule has 2 saturated carbocycles. The fraction of sp³-hybridized carbons (Fsp3) is 0.680. The summed E-state index contributed by atoms with van der Waals surface area (Å²) in [5.74, 6) is -0.164. The first-order valence-corrected chi connectivity index (χ1v) is 12.5. The number of hydrogen-bond donors (Lipinski definition) is 3. The van der Waals surface area contributed by atoms with Crippen LogP contribution in [0.15, 0.2) is 18.2 Å². The van der Waals surface area contributed by atoms with Crippen molar-refractivity contribution in [1.82, 2.24) is 16.0 Å². The summed E-state index contributed by atoms with van der Waals surface area (Å²) in [6.07, 6.45) is -1.45. The van der Waals surface area contributed by atoms with Crippen LogP contribution < -0.4 is 16.0 Å². The van der Waals surface area contributed by atoms with Gasteiger partial charge in [0.25, 0.3) is 5.91 Å². The second kappa shape index (κ2) is 12.3. The Balaban J connectivity index is 1.41. The van der Waals surface area contributed by atoms with Gasteiger partial charge in [-0.3, -0.25) is 9.59 Å². The molecule has 2 aliphatic carbocycles. The van der Waals surface area contributed by atoms with Gasteiger partial charge in [0.15, 0.2) is 0 Å². The molecule has 3 N–H and O–H groups in total. The number of carbonyl (C=O) groups excluding carboxylic acids is 2. The third-order valence-electron chi connectivity index (χ3n) is 7.06. The van der Waals surface area contributed by atoms with Gasteiger partial charge in [-0.05, 0) is 75.1 Å². The smallest absolute Gasteiger partial charge is 0.355 e. The highest BCUT2D eigenvalue weighted by molar-refractivity contribution is 5.94. The van der Waals surface area contributed by atoms with E-state index in [2.05, 4.69) is 16.0 Å². The van der Waals surface area contributed by atoms with Gasteiger partial charge in [0.1, 0.15) is 0 Å². The SMILES string of the molecule is O=C(CNCC1CCC(NC(=O)c2cc(C(F)(F)F)cc(C(F)(F)F)c2)CC1)NCC1CCCCC1. The summed E-state index contributed by atoms with van der Waals surface area (Å²) in [5, 5.41) is 8.70. The molecule has 0 saturated heterocycles. The minimum atomic E-state index is -5.01. The van der Waals surface area contributed by atoms with Crippen molar-refractivity contribution >= 4 is 11.8 Å². The lowest BCUT2D eigenvalue weighted by Crippen LogP contribution is -2.41. The molecule has 0 aromatic heterocycles. The number of benzene rings is 1. The largest absolute Gasteiger partial charge is 0.416 e. The maximum absolute atomic E-state index is 13.1. The number of nitrogens with one attached hydrogen (secondary N) is 3. The Morgan fingerprint density at radius 3 is 1.86 bits per heavy atom. The molecule has 0 unspecified atom stereocenters. The molecule has 1 aromatic rings. The molecule has 2 amide bonds. The van der Waals surface area contributed by atoms with Crippen LogP contribution in [-0.2, 0) is 17.1 Å². The van der Waals surface area contributed by atoms with E-state index in [1.54, 1.807) is 0 Å². The normalized spacial score (nSPS) is 21.7. The Kier molecular flexibility index (Phi) is 9.66. The fourth-order valence-corrected chi connectivity index (χ4v) is 4.97. The van der Waals surface area contributed by atoms with Crippen LogP contribution in [0, 0.1) is 11.8 Å². The summed E-state index contributed by atoms with van der Waals surface area (Å²) < 4.78 is 78.3. The fourth-order valence-electron chi connectivity index (χ4n) is 4.97. The van der Waals surface area contributed by atoms with E-state index < -0.39 is 35.0 Å². The van der Waals surface area contributed by atoms with E-state index in [0.29, 0.717) is 44.0 Å². The third-order valence-corrected chi connectivity index (χ3v) is 7.06. The first-order valence-electron chi connectivity index (χ1n) is 12.5. The molecule has 1 aromatic carbocycles. The molecular formula is C25H33F6N3O2. The van der Waals surface area contributed by atoms with Crippen molar-refractivity contribution in [2.24, 2.45) is 11.8 Å². The summed E-state index contributed by atoms with van der Waals surface area (Å²) in [7, 11) is 0. The Morgan fingerprint density at radius 1 is 0.750 bits per heavy atom. The number of alkyl halides is 6. The summed E-state index contributed by atoms with van der Waals surface area (Å²) >= 11 is 0. The second-order valence-electron chi connectivity index (χ2n) is 9.92. The van der Waals surface area contributed by atoms with Crippen LogP contribution in [0.3, 0.4) is 0 Å². The van der Waals surface area contributed by atoms with Crippen LogP contribution in [0.2, 0.25) is 0 Å². The second-order valence-corrected chi connectivity index (χ2v) is 9.92. The maximum Gasteiger partial charge on any atom is 0.416 e. The molecule has 0 atom stereocenters. The van der Waals surface area contributed by atoms with Crippen molar-refractivity contribution in [3.8, 4) is 0 Å². The van der Waals surface area contributed by atoms with E-state index in [-0.39, 0.29) is 30.5 Å². The van der Waals surface area contributed by atoms with Gasteiger partial charge in [0.2, 0.25) is 5.91 Å². The van der Waals surface area contributed by atoms with Gasteiger partial charge in [-0.2, -0.15) is 26.3 Å². The number of carbonyl (C=O) groups is 2. The molecule has 0 bridgehead atoms. The number of rotatable bonds is 8. The van der Waals surface area contributed by atoms with E-state index in [1.807, 2.05) is 0 Å². The molecule has 36 heavy (non-hydrogen) atoms. The van der Waals surface area contributed by atoms with Gasteiger partial charge in [-0.25, -0.2) is 0 Å². The quantitative estimate of drug-likeness (QED) is 0.407. The lowest BCUT2D eigenvalue weighted by molar-refractivity contribution is -0.143. The number of amides is 2. The molecule has 11 heteroatoms. The van der Waals surface area contributed by atoms with Crippen LogP contribution >= 0.6 is 0 Å². The molecular weight excluding hydrogens is 488 g/mol. The summed E-state index contributed by atoms with van der Waals surface area (Å²) in [6.45, 7) is 1.56.